The van der Waals surface area contributed by atoms with E-state index in [1.165, 1.54) is 0 Å². The van der Waals surface area contributed by atoms with Crippen molar-refractivity contribution in [3.05, 3.63) is 0 Å². The van der Waals surface area contributed by atoms with Gasteiger partial charge in [0.15, 0.2) is 6.29 Å². The number of hydrogen-bond donors (Lipinski definition) is 1. The SMILES string of the molecule is CC1CCC(O)C(OC(C)C(C)(C)CC(C)(C)C)O1. The molecule has 1 aliphatic heterocycles. The molecule has 0 aliphatic carbocycles. The first-order valence-electron chi connectivity index (χ1n) is 7.50. The molecule has 1 fully saturated rings. The zero-order valence-electron chi connectivity index (χ0n) is 13.7. The maximum Gasteiger partial charge on any atom is 0.184 e. The molecule has 0 aromatic rings. The molecule has 1 N–H and O–H groups in total. The highest BCUT2D eigenvalue weighted by Crippen LogP contribution is 2.38. The van der Waals surface area contributed by atoms with E-state index in [0.717, 1.165) is 19.3 Å². The molecule has 0 saturated carbocycles. The van der Waals surface area contributed by atoms with E-state index in [4.69, 9.17) is 9.47 Å². The smallest absolute Gasteiger partial charge is 0.184 e. The molecule has 0 aromatic heterocycles. The minimum Gasteiger partial charge on any atom is -0.388 e. The second kappa shape index (κ2) is 6.11. The Bertz CT molecular complexity index is 280. The van der Waals surface area contributed by atoms with E-state index >= 15 is 0 Å². The molecule has 0 radical (unpaired) electrons. The van der Waals surface area contributed by atoms with Gasteiger partial charge in [-0.1, -0.05) is 34.6 Å². The molecule has 114 valence electrons. The summed E-state index contributed by atoms with van der Waals surface area (Å²) in [6.07, 6.45) is 1.99. The van der Waals surface area contributed by atoms with Crippen LogP contribution in [0.1, 0.15) is 67.7 Å². The van der Waals surface area contributed by atoms with Crippen LogP contribution in [0, 0.1) is 10.8 Å². The molecule has 0 amide bonds. The standard InChI is InChI=1S/C16H32O3/c1-11-8-9-13(17)14(18-11)19-12(2)16(6,7)10-15(3,4)5/h11-14,17H,8-10H2,1-7H3. The fourth-order valence-corrected chi connectivity index (χ4v) is 2.95. The first-order valence-corrected chi connectivity index (χ1v) is 7.50. The summed E-state index contributed by atoms with van der Waals surface area (Å²) in [6.45, 7) is 15.3. The molecular weight excluding hydrogens is 240 g/mol. The number of rotatable bonds is 4. The Morgan fingerprint density at radius 2 is 1.79 bits per heavy atom. The van der Waals surface area contributed by atoms with Gasteiger partial charge in [-0.05, 0) is 43.9 Å². The van der Waals surface area contributed by atoms with Crippen molar-refractivity contribution in [1.82, 2.24) is 0 Å². The Morgan fingerprint density at radius 3 is 2.32 bits per heavy atom. The fraction of sp³-hybridized carbons (Fsp3) is 1.00. The third-order valence-corrected chi connectivity index (χ3v) is 3.97. The van der Waals surface area contributed by atoms with Gasteiger partial charge in [0, 0.05) is 0 Å². The van der Waals surface area contributed by atoms with Gasteiger partial charge in [-0.25, -0.2) is 0 Å². The predicted molar refractivity (Wildman–Crippen MR) is 78.0 cm³/mol. The monoisotopic (exact) mass is 272 g/mol. The van der Waals surface area contributed by atoms with Crippen LogP contribution in [0.15, 0.2) is 0 Å². The molecule has 0 aromatic carbocycles. The Balaban J connectivity index is 2.59. The highest BCUT2D eigenvalue weighted by molar-refractivity contribution is 4.83. The molecule has 3 nitrogen and oxygen atoms in total. The topological polar surface area (TPSA) is 38.7 Å². The third-order valence-electron chi connectivity index (χ3n) is 3.97. The average Bonchev–Trinajstić information content (AvgIpc) is 2.20. The van der Waals surface area contributed by atoms with Crippen LogP contribution in [0.4, 0.5) is 0 Å². The van der Waals surface area contributed by atoms with Crippen molar-refractivity contribution in [3.8, 4) is 0 Å². The largest absolute Gasteiger partial charge is 0.388 e. The van der Waals surface area contributed by atoms with Gasteiger partial charge in [0.05, 0.1) is 12.2 Å². The lowest BCUT2D eigenvalue weighted by Crippen LogP contribution is -2.44. The van der Waals surface area contributed by atoms with E-state index in [0.29, 0.717) is 0 Å². The number of ether oxygens (including phenoxy) is 2. The highest BCUT2D eigenvalue weighted by Gasteiger charge is 2.36. The van der Waals surface area contributed by atoms with Gasteiger partial charge in [0.1, 0.15) is 6.10 Å². The van der Waals surface area contributed by atoms with Crippen molar-refractivity contribution in [2.45, 2.75) is 92.3 Å². The summed E-state index contributed by atoms with van der Waals surface area (Å²) < 4.78 is 11.7. The first kappa shape index (κ1) is 16.9. The Hall–Kier alpha value is -0.120. The normalized spacial score (nSPS) is 31.3. The Kier molecular flexibility index (Phi) is 5.44. The molecular formula is C16H32O3. The second-order valence-electron chi connectivity index (χ2n) is 7.96. The lowest BCUT2D eigenvalue weighted by atomic mass is 9.73. The Labute approximate surface area is 118 Å². The number of aliphatic hydroxyl groups excluding tert-OH is 1. The third kappa shape index (κ3) is 5.41. The van der Waals surface area contributed by atoms with E-state index in [1.807, 2.05) is 6.92 Å². The molecule has 1 heterocycles. The van der Waals surface area contributed by atoms with Crippen LogP contribution in [0.2, 0.25) is 0 Å². The molecule has 4 unspecified atom stereocenters. The molecule has 4 atom stereocenters. The summed E-state index contributed by atoms with van der Waals surface area (Å²) >= 11 is 0. The van der Waals surface area contributed by atoms with Crippen molar-refractivity contribution in [2.24, 2.45) is 10.8 Å². The summed E-state index contributed by atoms with van der Waals surface area (Å²) in [5, 5.41) is 9.98. The summed E-state index contributed by atoms with van der Waals surface area (Å²) in [6, 6.07) is 0. The van der Waals surface area contributed by atoms with E-state index in [9.17, 15) is 5.11 Å². The van der Waals surface area contributed by atoms with Gasteiger partial charge in [-0.2, -0.15) is 0 Å². The van der Waals surface area contributed by atoms with Gasteiger partial charge in [0.25, 0.3) is 0 Å². The van der Waals surface area contributed by atoms with Gasteiger partial charge in [-0.3, -0.25) is 0 Å². The number of aliphatic hydroxyl groups is 1. The van der Waals surface area contributed by atoms with Gasteiger partial charge in [-0.15, -0.1) is 0 Å². The van der Waals surface area contributed by atoms with Crippen LogP contribution in [0.5, 0.6) is 0 Å². The van der Waals surface area contributed by atoms with Crippen molar-refractivity contribution in [1.29, 1.82) is 0 Å². The van der Waals surface area contributed by atoms with Gasteiger partial charge in [0.2, 0.25) is 0 Å². The Morgan fingerprint density at radius 1 is 1.21 bits per heavy atom. The quantitative estimate of drug-likeness (QED) is 0.847. The lowest BCUT2D eigenvalue weighted by Gasteiger charge is -2.41. The minimum absolute atomic E-state index is 0.0525. The summed E-state index contributed by atoms with van der Waals surface area (Å²) in [7, 11) is 0. The fourth-order valence-electron chi connectivity index (χ4n) is 2.95. The van der Waals surface area contributed by atoms with Crippen LogP contribution in [0.25, 0.3) is 0 Å². The molecule has 1 saturated heterocycles. The second-order valence-corrected chi connectivity index (χ2v) is 7.96. The van der Waals surface area contributed by atoms with Crippen molar-refractivity contribution in [2.75, 3.05) is 0 Å². The molecule has 1 aliphatic rings. The van der Waals surface area contributed by atoms with Crippen LogP contribution in [-0.4, -0.2) is 29.7 Å². The van der Waals surface area contributed by atoms with Gasteiger partial charge >= 0.3 is 0 Å². The maximum absolute atomic E-state index is 9.98. The predicted octanol–water partition coefficient (Wildman–Crippen LogP) is 3.74. The average molecular weight is 272 g/mol. The molecule has 1 rings (SSSR count). The minimum atomic E-state index is -0.496. The van der Waals surface area contributed by atoms with Crippen LogP contribution in [0.3, 0.4) is 0 Å². The highest BCUT2D eigenvalue weighted by atomic mass is 16.7. The summed E-state index contributed by atoms with van der Waals surface area (Å²) in [4.78, 5) is 0. The van der Waals surface area contributed by atoms with Crippen LogP contribution >= 0.6 is 0 Å². The van der Waals surface area contributed by atoms with Crippen molar-refractivity contribution in [3.63, 3.8) is 0 Å². The molecule has 3 heteroatoms. The van der Waals surface area contributed by atoms with E-state index in [1.54, 1.807) is 0 Å². The van der Waals surface area contributed by atoms with E-state index in [-0.39, 0.29) is 23.0 Å². The summed E-state index contributed by atoms with van der Waals surface area (Å²) in [5.41, 5.74) is 0.322. The molecule has 0 bridgehead atoms. The molecule has 19 heavy (non-hydrogen) atoms. The van der Waals surface area contributed by atoms with Crippen LogP contribution < -0.4 is 0 Å². The van der Waals surface area contributed by atoms with Crippen molar-refractivity contribution >= 4 is 0 Å². The zero-order valence-corrected chi connectivity index (χ0v) is 13.7. The van der Waals surface area contributed by atoms with Crippen LogP contribution in [-0.2, 0) is 9.47 Å². The van der Waals surface area contributed by atoms with E-state index < -0.39 is 12.4 Å². The van der Waals surface area contributed by atoms with Crippen molar-refractivity contribution < 1.29 is 14.6 Å². The molecule has 0 spiro atoms. The van der Waals surface area contributed by atoms with E-state index in [2.05, 4.69) is 41.5 Å². The summed E-state index contributed by atoms with van der Waals surface area (Å²) in [5.74, 6) is 0. The lowest BCUT2D eigenvalue weighted by molar-refractivity contribution is -0.265. The maximum atomic E-state index is 9.98. The number of hydrogen-bond acceptors (Lipinski definition) is 3. The van der Waals surface area contributed by atoms with Gasteiger partial charge < -0.3 is 14.6 Å². The zero-order chi connectivity index (χ0) is 14.8. The first-order chi connectivity index (χ1) is 8.51.